The van der Waals surface area contributed by atoms with Gasteiger partial charge in [-0.1, -0.05) is 26.0 Å². The van der Waals surface area contributed by atoms with Gasteiger partial charge < -0.3 is 20.3 Å². The maximum absolute atomic E-state index is 9.10. The third-order valence-electron chi connectivity index (χ3n) is 3.85. The zero-order chi connectivity index (χ0) is 18.8. The molecule has 1 aliphatic heterocycles. The van der Waals surface area contributed by atoms with Crippen LogP contribution >= 0.6 is 0 Å². The first-order valence-electron chi connectivity index (χ1n) is 8.44. The Morgan fingerprint density at radius 3 is 2.32 bits per heavy atom. The van der Waals surface area contributed by atoms with E-state index in [4.69, 9.17) is 24.5 Å². The molecule has 7 nitrogen and oxygen atoms in total. The molecule has 1 saturated heterocycles. The third kappa shape index (κ3) is 8.00. The zero-order valence-corrected chi connectivity index (χ0v) is 15.1. The van der Waals surface area contributed by atoms with Crippen LogP contribution in [0, 0.1) is 6.92 Å². The van der Waals surface area contributed by atoms with Crippen LogP contribution in [-0.4, -0.2) is 66.4 Å². The quantitative estimate of drug-likeness (QED) is 0.692. The molecule has 0 saturated carbocycles. The molecule has 0 spiro atoms. The van der Waals surface area contributed by atoms with E-state index in [1.807, 2.05) is 0 Å². The van der Waals surface area contributed by atoms with E-state index in [1.165, 1.54) is 11.1 Å². The van der Waals surface area contributed by atoms with Crippen LogP contribution in [0.5, 0.6) is 5.75 Å². The summed E-state index contributed by atoms with van der Waals surface area (Å²) < 4.78 is 6.02. The molecule has 0 aromatic heterocycles. The van der Waals surface area contributed by atoms with Gasteiger partial charge in [0, 0.05) is 32.7 Å². The highest BCUT2D eigenvalue weighted by Crippen LogP contribution is 2.27. The molecule has 1 aromatic rings. The molecule has 25 heavy (non-hydrogen) atoms. The van der Waals surface area contributed by atoms with E-state index < -0.39 is 11.9 Å². The lowest BCUT2D eigenvalue weighted by atomic mass is 10.0. The second kappa shape index (κ2) is 10.7. The summed E-state index contributed by atoms with van der Waals surface area (Å²) in [5, 5.41) is 18.2. The van der Waals surface area contributed by atoms with Gasteiger partial charge >= 0.3 is 11.9 Å². The van der Waals surface area contributed by atoms with Crippen LogP contribution in [0.2, 0.25) is 0 Å². The van der Waals surface area contributed by atoms with Crippen molar-refractivity contribution < 1.29 is 24.5 Å². The number of nitrogens with one attached hydrogen (secondary N) is 1. The number of carboxylic acid groups (broad SMARTS) is 2. The number of hydrogen-bond donors (Lipinski definition) is 3. The highest BCUT2D eigenvalue weighted by atomic mass is 16.5. The van der Waals surface area contributed by atoms with Gasteiger partial charge in [0.05, 0.1) is 0 Å². The van der Waals surface area contributed by atoms with Crippen LogP contribution in [0.25, 0.3) is 0 Å². The largest absolute Gasteiger partial charge is 0.492 e. The van der Waals surface area contributed by atoms with Gasteiger partial charge in [-0.05, 0) is 30.0 Å². The molecule has 0 bridgehead atoms. The zero-order valence-electron chi connectivity index (χ0n) is 15.1. The number of benzene rings is 1. The second-order valence-corrected chi connectivity index (χ2v) is 6.25. The van der Waals surface area contributed by atoms with Crippen LogP contribution in [0.1, 0.15) is 30.9 Å². The fourth-order valence-electron chi connectivity index (χ4n) is 2.46. The Morgan fingerprint density at radius 2 is 1.80 bits per heavy atom. The second-order valence-electron chi connectivity index (χ2n) is 6.25. The number of carboxylic acids is 2. The van der Waals surface area contributed by atoms with Gasteiger partial charge in [-0.15, -0.1) is 0 Å². The van der Waals surface area contributed by atoms with Gasteiger partial charge in [0.2, 0.25) is 0 Å². The minimum absolute atomic E-state index is 0.509. The predicted octanol–water partition coefficient (Wildman–Crippen LogP) is 1.56. The Kier molecular flexibility index (Phi) is 8.94. The Labute approximate surface area is 148 Å². The van der Waals surface area contributed by atoms with Crippen LogP contribution in [-0.2, 0) is 9.59 Å². The Hall–Kier alpha value is -2.12. The lowest BCUT2D eigenvalue weighted by molar-refractivity contribution is -0.159. The molecule has 0 unspecified atom stereocenters. The molecule has 1 aliphatic rings. The van der Waals surface area contributed by atoms with Crippen molar-refractivity contribution in [1.82, 2.24) is 10.2 Å². The van der Waals surface area contributed by atoms with Crippen LogP contribution in [0.15, 0.2) is 18.2 Å². The number of hydrogen-bond acceptors (Lipinski definition) is 5. The summed E-state index contributed by atoms with van der Waals surface area (Å²) in [5.41, 5.74) is 2.58. The first kappa shape index (κ1) is 20.9. The lowest BCUT2D eigenvalue weighted by Crippen LogP contribution is -2.44. The summed E-state index contributed by atoms with van der Waals surface area (Å²) in [5.74, 6) is -2.08. The molecule has 0 amide bonds. The van der Waals surface area contributed by atoms with E-state index in [9.17, 15) is 0 Å². The number of aryl methyl sites for hydroxylation is 1. The van der Waals surface area contributed by atoms with Crippen molar-refractivity contribution in [3.8, 4) is 5.75 Å². The molecule has 0 aliphatic carbocycles. The van der Waals surface area contributed by atoms with E-state index in [2.05, 4.69) is 49.2 Å². The molecule has 2 rings (SSSR count). The third-order valence-corrected chi connectivity index (χ3v) is 3.85. The topological polar surface area (TPSA) is 99.1 Å². The van der Waals surface area contributed by atoms with Gasteiger partial charge in [-0.3, -0.25) is 4.90 Å². The predicted molar refractivity (Wildman–Crippen MR) is 95.3 cm³/mol. The average Bonchev–Trinajstić information content (AvgIpc) is 2.56. The van der Waals surface area contributed by atoms with Crippen LogP contribution in [0.4, 0.5) is 0 Å². The summed E-state index contributed by atoms with van der Waals surface area (Å²) in [4.78, 5) is 20.7. The fraction of sp³-hybridized carbons (Fsp3) is 0.556. The maximum atomic E-state index is 9.10. The summed E-state index contributed by atoms with van der Waals surface area (Å²) in [6, 6.07) is 6.52. The minimum Gasteiger partial charge on any atom is -0.492 e. The molecule has 7 heteroatoms. The Balaban J connectivity index is 0.000000450. The Morgan fingerprint density at radius 1 is 1.20 bits per heavy atom. The van der Waals surface area contributed by atoms with Gasteiger partial charge in [-0.2, -0.15) is 0 Å². The highest BCUT2D eigenvalue weighted by Gasteiger charge is 2.11. The van der Waals surface area contributed by atoms with Crippen molar-refractivity contribution in [3.05, 3.63) is 29.3 Å². The van der Waals surface area contributed by atoms with Crippen LogP contribution in [0.3, 0.4) is 0 Å². The smallest absolute Gasteiger partial charge is 0.414 e. The molecule has 1 aromatic carbocycles. The van der Waals surface area contributed by atoms with Gasteiger partial charge in [0.25, 0.3) is 0 Å². The van der Waals surface area contributed by atoms with Crippen LogP contribution < -0.4 is 10.1 Å². The van der Waals surface area contributed by atoms with E-state index >= 15 is 0 Å². The normalized spacial score (nSPS) is 14.6. The average molecular weight is 352 g/mol. The molecule has 0 atom stereocenters. The molecule has 140 valence electrons. The van der Waals surface area contributed by atoms with Crippen molar-refractivity contribution in [2.75, 3.05) is 39.3 Å². The van der Waals surface area contributed by atoms with E-state index in [-0.39, 0.29) is 0 Å². The lowest BCUT2D eigenvalue weighted by Gasteiger charge is -2.27. The molecular formula is C18H28N2O5. The van der Waals surface area contributed by atoms with Crippen molar-refractivity contribution >= 4 is 11.9 Å². The summed E-state index contributed by atoms with van der Waals surface area (Å²) in [7, 11) is 0. The fourth-order valence-corrected chi connectivity index (χ4v) is 2.46. The number of nitrogens with zero attached hydrogens (tertiary/aromatic N) is 1. The van der Waals surface area contributed by atoms with Gasteiger partial charge in [-0.25, -0.2) is 9.59 Å². The first-order chi connectivity index (χ1) is 11.8. The van der Waals surface area contributed by atoms with E-state index in [0.717, 1.165) is 45.1 Å². The number of aliphatic carboxylic acids is 2. The number of ether oxygens (including phenoxy) is 1. The van der Waals surface area contributed by atoms with Crippen molar-refractivity contribution in [2.24, 2.45) is 0 Å². The van der Waals surface area contributed by atoms with Gasteiger partial charge in [0.1, 0.15) is 12.4 Å². The molecule has 0 radical (unpaired) electrons. The SMILES string of the molecule is Cc1ccc(C(C)C)c(OCCN2CCNCC2)c1.O=C(O)C(=O)O. The number of piperazine rings is 1. The monoisotopic (exact) mass is 352 g/mol. The molecule has 1 heterocycles. The van der Waals surface area contributed by atoms with Crippen molar-refractivity contribution in [1.29, 1.82) is 0 Å². The maximum Gasteiger partial charge on any atom is 0.414 e. The summed E-state index contributed by atoms with van der Waals surface area (Å²) >= 11 is 0. The number of carbonyl (C=O) groups is 2. The van der Waals surface area contributed by atoms with Gasteiger partial charge in [0.15, 0.2) is 0 Å². The van der Waals surface area contributed by atoms with E-state index in [1.54, 1.807) is 0 Å². The summed E-state index contributed by atoms with van der Waals surface area (Å²) in [6.07, 6.45) is 0. The molecular weight excluding hydrogens is 324 g/mol. The standard InChI is InChI=1S/C16H26N2O.C2H2O4/c1-13(2)15-5-4-14(3)12-16(15)19-11-10-18-8-6-17-7-9-18;3-1(4)2(5)6/h4-5,12-13,17H,6-11H2,1-3H3;(H,3,4)(H,5,6). The highest BCUT2D eigenvalue weighted by molar-refractivity contribution is 6.27. The molecule has 1 fully saturated rings. The van der Waals surface area contributed by atoms with Crippen molar-refractivity contribution in [3.63, 3.8) is 0 Å². The number of rotatable bonds is 5. The minimum atomic E-state index is -1.82. The summed E-state index contributed by atoms with van der Waals surface area (Å²) in [6.45, 7) is 12.8. The van der Waals surface area contributed by atoms with E-state index in [0.29, 0.717) is 5.92 Å². The Bertz CT molecular complexity index is 557. The molecule has 3 N–H and O–H groups in total. The first-order valence-corrected chi connectivity index (χ1v) is 8.44. The van der Waals surface area contributed by atoms with Crippen molar-refractivity contribution in [2.45, 2.75) is 26.7 Å².